The van der Waals surface area contributed by atoms with E-state index in [1.165, 1.54) is 13.2 Å². The van der Waals surface area contributed by atoms with Crippen LogP contribution in [-0.4, -0.2) is 23.9 Å². The van der Waals surface area contributed by atoms with E-state index in [0.29, 0.717) is 16.8 Å². The Morgan fingerprint density at radius 1 is 1.50 bits per heavy atom. The molecule has 1 N–H and O–H groups in total. The Balaban J connectivity index is 2.47. The third kappa shape index (κ3) is 2.17. The lowest BCUT2D eigenvalue weighted by Gasteiger charge is -2.06. The zero-order valence-corrected chi connectivity index (χ0v) is 10.5. The monoisotopic (exact) mass is 267 g/mol. The highest BCUT2D eigenvalue weighted by atomic mass is 35.5. The number of oxime groups is 1. The Morgan fingerprint density at radius 2 is 2.22 bits per heavy atom. The number of ether oxygens (including phenoxy) is 1. The molecule has 6 heteroatoms. The van der Waals surface area contributed by atoms with Crippen LogP contribution in [0.2, 0.25) is 5.02 Å². The zero-order valence-electron chi connectivity index (χ0n) is 9.73. The molecule has 0 fully saturated rings. The topological polar surface area (TPSA) is 68.1 Å². The van der Waals surface area contributed by atoms with Gasteiger partial charge in [0.15, 0.2) is 11.5 Å². The first-order valence-corrected chi connectivity index (χ1v) is 5.45. The third-order valence-electron chi connectivity index (χ3n) is 2.46. The zero-order chi connectivity index (χ0) is 13.3. The summed E-state index contributed by atoms with van der Waals surface area (Å²) in [5.41, 5.74) is 1.44. The predicted octanol–water partition coefficient (Wildman–Crippen LogP) is 2.37. The molecule has 0 bridgehead atoms. The van der Waals surface area contributed by atoms with E-state index >= 15 is 0 Å². The molecule has 5 nitrogen and oxygen atoms in total. The molecule has 0 atom stereocenters. The average Bonchev–Trinajstić information content (AvgIpc) is 2.65. The second-order valence-corrected chi connectivity index (χ2v) is 4.07. The number of benzene rings is 1. The summed E-state index contributed by atoms with van der Waals surface area (Å²) in [7, 11) is 1.42. The van der Waals surface area contributed by atoms with Crippen LogP contribution in [0.1, 0.15) is 12.5 Å². The Hall–Kier alpha value is -2.01. The maximum absolute atomic E-state index is 11.4. The second kappa shape index (κ2) is 4.70. The number of aromatic hydroxyl groups is 1. The molecular formula is C12H10ClNO4. The first-order chi connectivity index (χ1) is 8.52. The first kappa shape index (κ1) is 12.4. The lowest BCUT2D eigenvalue weighted by molar-refractivity contribution is -0.136. The molecule has 18 heavy (non-hydrogen) atoms. The minimum absolute atomic E-state index is 0.138. The number of rotatable bonds is 2. The Morgan fingerprint density at radius 3 is 2.78 bits per heavy atom. The number of halogens is 1. The van der Waals surface area contributed by atoms with Crippen LogP contribution in [0.5, 0.6) is 11.5 Å². The van der Waals surface area contributed by atoms with Gasteiger partial charge in [0.05, 0.1) is 23.4 Å². The highest BCUT2D eigenvalue weighted by Gasteiger charge is 2.22. The highest BCUT2D eigenvalue weighted by molar-refractivity contribution is 6.32. The van der Waals surface area contributed by atoms with E-state index in [4.69, 9.17) is 16.3 Å². The van der Waals surface area contributed by atoms with Gasteiger partial charge in [-0.15, -0.1) is 0 Å². The third-order valence-corrected chi connectivity index (χ3v) is 2.74. The van der Waals surface area contributed by atoms with Gasteiger partial charge in [0.1, 0.15) is 0 Å². The summed E-state index contributed by atoms with van der Waals surface area (Å²) in [6, 6.07) is 3.08. The molecule has 0 radical (unpaired) electrons. The van der Waals surface area contributed by atoms with Gasteiger partial charge in [0.25, 0.3) is 0 Å². The lowest BCUT2D eigenvalue weighted by atomic mass is 10.1. The minimum atomic E-state index is -0.518. The van der Waals surface area contributed by atoms with Crippen LogP contribution >= 0.6 is 11.6 Å². The van der Waals surface area contributed by atoms with Crippen molar-refractivity contribution < 1.29 is 19.5 Å². The van der Waals surface area contributed by atoms with E-state index in [9.17, 15) is 9.90 Å². The van der Waals surface area contributed by atoms with Crippen molar-refractivity contribution in [2.75, 3.05) is 7.11 Å². The fraction of sp³-hybridized carbons (Fsp3) is 0.167. The number of carbonyl (C=O) groups is 1. The number of phenols is 1. The molecule has 0 aromatic heterocycles. The van der Waals surface area contributed by atoms with Gasteiger partial charge in [-0.1, -0.05) is 16.8 Å². The van der Waals surface area contributed by atoms with Gasteiger partial charge in [-0.2, -0.15) is 0 Å². The van der Waals surface area contributed by atoms with Crippen molar-refractivity contribution in [3.8, 4) is 11.5 Å². The summed E-state index contributed by atoms with van der Waals surface area (Å²) < 4.78 is 4.97. The van der Waals surface area contributed by atoms with Crippen LogP contribution in [-0.2, 0) is 9.63 Å². The number of hydrogen-bond donors (Lipinski definition) is 1. The number of carbonyl (C=O) groups excluding carboxylic acids is 1. The van der Waals surface area contributed by atoms with E-state index in [2.05, 4.69) is 9.99 Å². The minimum Gasteiger partial charge on any atom is -0.503 e. The molecule has 1 aliphatic heterocycles. The van der Waals surface area contributed by atoms with Gasteiger partial charge < -0.3 is 14.7 Å². The van der Waals surface area contributed by atoms with Crippen LogP contribution in [0.3, 0.4) is 0 Å². The van der Waals surface area contributed by atoms with Crippen molar-refractivity contribution in [2.24, 2.45) is 5.16 Å². The summed E-state index contributed by atoms with van der Waals surface area (Å²) in [5.74, 6) is -0.424. The Labute approximate surface area is 108 Å². The normalized spacial score (nSPS) is 16.7. The Bertz CT molecular complexity index is 578. The fourth-order valence-corrected chi connectivity index (χ4v) is 1.74. The molecule has 1 aromatic carbocycles. The van der Waals surface area contributed by atoms with E-state index in [-0.39, 0.29) is 16.5 Å². The molecule has 94 valence electrons. The van der Waals surface area contributed by atoms with E-state index in [1.807, 2.05) is 0 Å². The molecule has 0 saturated carbocycles. The summed E-state index contributed by atoms with van der Waals surface area (Å²) in [6.07, 6.45) is 1.57. The molecule has 2 rings (SSSR count). The van der Waals surface area contributed by atoms with E-state index < -0.39 is 5.97 Å². The summed E-state index contributed by atoms with van der Waals surface area (Å²) in [4.78, 5) is 15.9. The fourth-order valence-electron chi connectivity index (χ4n) is 1.52. The molecular weight excluding hydrogens is 258 g/mol. The van der Waals surface area contributed by atoms with Crippen molar-refractivity contribution in [3.05, 3.63) is 28.3 Å². The summed E-state index contributed by atoms with van der Waals surface area (Å²) in [6.45, 7) is 1.66. The Kier molecular flexibility index (Phi) is 3.25. The SMILES string of the molecule is COc1cc(/C=C2\C(=O)ON=C2C)cc(Cl)c1O. The second-order valence-electron chi connectivity index (χ2n) is 3.67. The van der Waals surface area contributed by atoms with Gasteiger partial charge in [-0.05, 0) is 30.7 Å². The lowest BCUT2D eigenvalue weighted by Crippen LogP contribution is -2.01. The van der Waals surface area contributed by atoms with Crippen molar-refractivity contribution in [3.63, 3.8) is 0 Å². The van der Waals surface area contributed by atoms with Crippen LogP contribution in [0.4, 0.5) is 0 Å². The molecule has 1 aliphatic rings. The molecule has 0 saturated heterocycles. The van der Waals surface area contributed by atoms with Crippen LogP contribution < -0.4 is 4.74 Å². The van der Waals surface area contributed by atoms with Crippen LogP contribution in [0.25, 0.3) is 6.08 Å². The van der Waals surface area contributed by atoms with Crippen LogP contribution in [0, 0.1) is 0 Å². The molecule has 1 aromatic rings. The van der Waals surface area contributed by atoms with Crippen molar-refractivity contribution in [1.82, 2.24) is 0 Å². The summed E-state index contributed by atoms with van der Waals surface area (Å²) >= 11 is 5.85. The average molecular weight is 268 g/mol. The van der Waals surface area contributed by atoms with Crippen molar-refractivity contribution >= 4 is 29.4 Å². The summed E-state index contributed by atoms with van der Waals surface area (Å²) in [5, 5.41) is 13.3. The van der Waals surface area contributed by atoms with Gasteiger partial charge >= 0.3 is 5.97 Å². The number of hydrogen-bond acceptors (Lipinski definition) is 5. The first-order valence-electron chi connectivity index (χ1n) is 5.07. The van der Waals surface area contributed by atoms with Gasteiger partial charge in [0.2, 0.25) is 0 Å². The molecule has 0 aliphatic carbocycles. The van der Waals surface area contributed by atoms with Gasteiger partial charge in [0, 0.05) is 0 Å². The largest absolute Gasteiger partial charge is 0.503 e. The van der Waals surface area contributed by atoms with Crippen molar-refractivity contribution in [2.45, 2.75) is 6.92 Å². The molecule has 0 spiro atoms. The highest BCUT2D eigenvalue weighted by Crippen LogP contribution is 2.35. The number of phenolic OH excluding ortho intramolecular Hbond substituents is 1. The molecule has 0 amide bonds. The van der Waals surface area contributed by atoms with E-state index in [1.54, 1.807) is 19.1 Å². The predicted molar refractivity (Wildman–Crippen MR) is 66.8 cm³/mol. The van der Waals surface area contributed by atoms with Crippen molar-refractivity contribution in [1.29, 1.82) is 0 Å². The van der Waals surface area contributed by atoms with Gasteiger partial charge in [-0.25, -0.2) is 4.79 Å². The standard InChI is InChI=1S/C12H10ClNO4/c1-6-8(12(16)18-14-6)3-7-4-9(13)11(15)10(5-7)17-2/h3-5,15H,1-2H3/b8-3-. The van der Waals surface area contributed by atoms with Crippen LogP contribution in [0.15, 0.2) is 22.9 Å². The smallest absolute Gasteiger partial charge is 0.367 e. The number of methoxy groups -OCH3 is 1. The molecule has 1 heterocycles. The number of nitrogens with zero attached hydrogens (tertiary/aromatic N) is 1. The maximum atomic E-state index is 11.4. The van der Waals surface area contributed by atoms with Gasteiger partial charge in [-0.3, -0.25) is 0 Å². The maximum Gasteiger partial charge on any atom is 0.367 e. The molecule has 0 unspecified atom stereocenters. The van der Waals surface area contributed by atoms with E-state index in [0.717, 1.165) is 0 Å². The quantitative estimate of drug-likeness (QED) is 0.660.